The summed E-state index contributed by atoms with van der Waals surface area (Å²) in [5, 5.41) is 0. The summed E-state index contributed by atoms with van der Waals surface area (Å²) in [5.41, 5.74) is 12.4. The standard InChI is InChI=1S/C16H14F3N5O/c1-8-12(3-2-10(20)14(8)21)25-9-4-5-22-11(6-9)15-23-7-13(24-15)16(17,18)19/h2-7H,20-21H2,1H3,(H,23,24). The number of benzene rings is 1. The Hall–Kier alpha value is -3.23. The van der Waals surface area contributed by atoms with Gasteiger partial charge in [0.15, 0.2) is 5.82 Å². The lowest BCUT2D eigenvalue weighted by Crippen LogP contribution is -2.04. The first-order valence-corrected chi connectivity index (χ1v) is 7.16. The SMILES string of the molecule is Cc1c(Oc2ccnc(-c3ncc(C(F)(F)F)[nH]3)c2)ccc(N)c1N. The van der Waals surface area contributed by atoms with Crippen LogP contribution in [-0.4, -0.2) is 15.0 Å². The van der Waals surface area contributed by atoms with Gasteiger partial charge in [-0.15, -0.1) is 0 Å². The lowest BCUT2D eigenvalue weighted by molar-refractivity contribution is -0.140. The molecule has 6 nitrogen and oxygen atoms in total. The molecule has 1 aromatic carbocycles. The predicted octanol–water partition coefficient (Wildman–Crippen LogP) is 3.76. The highest BCUT2D eigenvalue weighted by Gasteiger charge is 2.33. The van der Waals surface area contributed by atoms with E-state index in [0.717, 1.165) is 6.20 Å². The van der Waals surface area contributed by atoms with Crippen molar-refractivity contribution >= 4 is 11.4 Å². The normalized spacial score (nSPS) is 11.5. The van der Waals surface area contributed by atoms with Crippen molar-refractivity contribution in [1.29, 1.82) is 0 Å². The minimum absolute atomic E-state index is 0.00804. The number of nitrogens with zero attached hydrogens (tertiary/aromatic N) is 2. The molecular formula is C16H14F3N5O. The number of imidazole rings is 1. The monoisotopic (exact) mass is 349 g/mol. The molecule has 3 aromatic rings. The molecule has 0 aliphatic heterocycles. The van der Waals surface area contributed by atoms with Crippen LogP contribution in [0, 0.1) is 6.92 Å². The number of nitrogens with two attached hydrogens (primary N) is 2. The molecule has 130 valence electrons. The minimum atomic E-state index is -4.50. The maximum atomic E-state index is 12.7. The topological polar surface area (TPSA) is 103 Å². The van der Waals surface area contributed by atoms with Crippen molar-refractivity contribution in [2.45, 2.75) is 13.1 Å². The second-order valence-corrected chi connectivity index (χ2v) is 5.31. The number of aromatic amines is 1. The molecule has 0 amide bonds. The van der Waals surface area contributed by atoms with Crippen molar-refractivity contribution in [3.63, 3.8) is 0 Å². The van der Waals surface area contributed by atoms with Crippen LogP contribution < -0.4 is 16.2 Å². The first-order chi connectivity index (χ1) is 11.8. The van der Waals surface area contributed by atoms with Gasteiger partial charge in [-0.05, 0) is 25.1 Å². The summed E-state index contributed by atoms with van der Waals surface area (Å²) < 4.78 is 43.7. The Morgan fingerprint density at radius 2 is 1.88 bits per heavy atom. The first-order valence-electron chi connectivity index (χ1n) is 7.16. The van der Waals surface area contributed by atoms with Gasteiger partial charge < -0.3 is 21.2 Å². The van der Waals surface area contributed by atoms with Crippen LogP contribution in [0.2, 0.25) is 0 Å². The fourth-order valence-electron chi connectivity index (χ4n) is 2.17. The fraction of sp³-hybridized carbons (Fsp3) is 0.125. The van der Waals surface area contributed by atoms with E-state index in [1.165, 1.54) is 12.3 Å². The van der Waals surface area contributed by atoms with Crippen molar-refractivity contribution in [1.82, 2.24) is 15.0 Å². The molecule has 25 heavy (non-hydrogen) atoms. The van der Waals surface area contributed by atoms with Gasteiger partial charge in [0.2, 0.25) is 0 Å². The van der Waals surface area contributed by atoms with Crippen molar-refractivity contribution < 1.29 is 17.9 Å². The Labute approximate surface area is 140 Å². The second kappa shape index (κ2) is 6.00. The van der Waals surface area contributed by atoms with E-state index in [2.05, 4.69) is 15.0 Å². The van der Waals surface area contributed by atoms with Crippen LogP contribution >= 0.6 is 0 Å². The van der Waals surface area contributed by atoms with Gasteiger partial charge in [-0.25, -0.2) is 4.98 Å². The molecule has 0 bridgehead atoms. The fourth-order valence-corrected chi connectivity index (χ4v) is 2.17. The van der Waals surface area contributed by atoms with E-state index in [0.29, 0.717) is 28.4 Å². The van der Waals surface area contributed by atoms with E-state index >= 15 is 0 Å². The highest BCUT2D eigenvalue weighted by atomic mass is 19.4. The highest BCUT2D eigenvalue weighted by Crippen LogP contribution is 2.33. The Balaban J connectivity index is 1.90. The summed E-state index contributed by atoms with van der Waals surface area (Å²) in [6.07, 6.45) is -2.37. The summed E-state index contributed by atoms with van der Waals surface area (Å²) in [4.78, 5) is 9.93. The van der Waals surface area contributed by atoms with E-state index in [1.807, 2.05) is 0 Å². The van der Waals surface area contributed by atoms with Crippen LogP contribution in [0.1, 0.15) is 11.3 Å². The van der Waals surface area contributed by atoms with Crippen molar-refractivity contribution in [2.75, 3.05) is 11.5 Å². The van der Waals surface area contributed by atoms with Crippen LogP contribution in [-0.2, 0) is 6.18 Å². The smallest absolute Gasteiger partial charge is 0.432 e. The van der Waals surface area contributed by atoms with Gasteiger partial charge in [-0.2, -0.15) is 13.2 Å². The van der Waals surface area contributed by atoms with E-state index < -0.39 is 11.9 Å². The number of nitrogen functional groups attached to an aromatic ring is 2. The van der Waals surface area contributed by atoms with E-state index in [1.54, 1.807) is 25.1 Å². The zero-order valence-corrected chi connectivity index (χ0v) is 13.1. The molecule has 0 radical (unpaired) electrons. The van der Waals surface area contributed by atoms with Crippen molar-refractivity contribution in [2.24, 2.45) is 0 Å². The number of anilines is 2. The number of rotatable bonds is 3. The molecule has 2 aromatic heterocycles. The molecule has 3 rings (SSSR count). The number of nitrogens with one attached hydrogen (secondary N) is 1. The van der Waals surface area contributed by atoms with Gasteiger partial charge in [0.1, 0.15) is 22.9 Å². The molecule has 0 spiro atoms. The molecule has 0 saturated heterocycles. The average molecular weight is 349 g/mol. The third-order valence-electron chi connectivity index (χ3n) is 3.58. The van der Waals surface area contributed by atoms with Gasteiger partial charge in [-0.1, -0.05) is 0 Å². The number of aromatic nitrogens is 3. The van der Waals surface area contributed by atoms with Crippen molar-refractivity contribution in [3.05, 3.63) is 47.9 Å². The number of halogens is 3. The van der Waals surface area contributed by atoms with Crippen LogP contribution in [0.5, 0.6) is 11.5 Å². The van der Waals surface area contributed by atoms with Crippen LogP contribution in [0.15, 0.2) is 36.7 Å². The predicted molar refractivity (Wildman–Crippen MR) is 86.9 cm³/mol. The lowest BCUT2D eigenvalue weighted by Gasteiger charge is -2.12. The second-order valence-electron chi connectivity index (χ2n) is 5.31. The lowest BCUT2D eigenvalue weighted by atomic mass is 10.1. The molecule has 0 aliphatic rings. The third-order valence-corrected chi connectivity index (χ3v) is 3.58. The van der Waals surface area contributed by atoms with Crippen LogP contribution in [0.25, 0.3) is 11.5 Å². The number of pyridine rings is 1. The Morgan fingerprint density at radius 3 is 2.56 bits per heavy atom. The zero-order valence-electron chi connectivity index (χ0n) is 13.1. The summed E-state index contributed by atoms with van der Waals surface area (Å²) in [6.45, 7) is 1.76. The van der Waals surface area contributed by atoms with Crippen molar-refractivity contribution in [3.8, 4) is 23.0 Å². The third kappa shape index (κ3) is 3.35. The minimum Gasteiger partial charge on any atom is -0.457 e. The molecule has 5 N–H and O–H groups in total. The number of alkyl halides is 3. The molecule has 0 fully saturated rings. The Kier molecular flexibility index (Phi) is 3.99. The Bertz CT molecular complexity index is 920. The summed E-state index contributed by atoms with van der Waals surface area (Å²) in [5.74, 6) is 0.854. The van der Waals surface area contributed by atoms with Gasteiger partial charge in [0.05, 0.1) is 17.6 Å². The molecule has 0 aliphatic carbocycles. The van der Waals surface area contributed by atoms with Gasteiger partial charge in [0, 0.05) is 17.8 Å². The largest absolute Gasteiger partial charge is 0.457 e. The quantitative estimate of drug-likeness (QED) is 0.625. The van der Waals surface area contributed by atoms with Crippen LogP contribution in [0.3, 0.4) is 0 Å². The first kappa shape index (κ1) is 16.6. The van der Waals surface area contributed by atoms with Gasteiger partial charge in [-0.3, -0.25) is 4.98 Å². The van der Waals surface area contributed by atoms with E-state index in [-0.39, 0.29) is 11.5 Å². The number of hydrogen-bond acceptors (Lipinski definition) is 5. The molecule has 0 saturated carbocycles. The van der Waals surface area contributed by atoms with E-state index in [4.69, 9.17) is 16.2 Å². The molecule has 9 heteroatoms. The Morgan fingerprint density at radius 1 is 1.12 bits per heavy atom. The maximum Gasteiger partial charge on any atom is 0.432 e. The number of H-pyrrole nitrogens is 1. The zero-order chi connectivity index (χ0) is 18.2. The van der Waals surface area contributed by atoms with E-state index in [9.17, 15) is 13.2 Å². The van der Waals surface area contributed by atoms with Gasteiger partial charge >= 0.3 is 6.18 Å². The highest BCUT2D eigenvalue weighted by molar-refractivity contribution is 5.70. The average Bonchev–Trinajstić information content (AvgIpc) is 3.06. The van der Waals surface area contributed by atoms with Crippen LogP contribution in [0.4, 0.5) is 24.5 Å². The summed E-state index contributed by atoms with van der Waals surface area (Å²) in [7, 11) is 0. The molecule has 0 unspecified atom stereocenters. The number of hydrogen-bond donors (Lipinski definition) is 3. The number of ether oxygens (including phenoxy) is 1. The molecule has 2 heterocycles. The summed E-state index contributed by atoms with van der Waals surface area (Å²) >= 11 is 0. The van der Waals surface area contributed by atoms with Gasteiger partial charge in [0.25, 0.3) is 0 Å². The molecular weight excluding hydrogens is 335 g/mol. The molecule has 0 atom stereocenters. The maximum absolute atomic E-state index is 12.7. The summed E-state index contributed by atoms with van der Waals surface area (Å²) in [6, 6.07) is 6.33.